The van der Waals surface area contributed by atoms with Gasteiger partial charge in [-0.1, -0.05) is 12.8 Å². The first-order valence-electron chi connectivity index (χ1n) is 7.34. The number of nitrogen functional groups attached to an aromatic ring is 1. The zero-order valence-corrected chi connectivity index (χ0v) is 11.5. The molecular formula is C14H20N4O2. The molecule has 1 aromatic heterocycles. The minimum atomic E-state index is -0.401. The lowest BCUT2D eigenvalue weighted by Gasteiger charge is -2.30. The summed E-state index contributed by atoms with van der Waals surface area (Å²) < 4.78 is 0. The largest absolute Gasteiger partial charge is 0.383 e. The normalized spacial score (nSPS) is 23.4. The van der Waals surface area contributed by atoms with E-state index in [1.54, 1.807) is 6.07 Å². The molecule has 2 heterocycles. The lowest BCUT2D eigenvalue weighted by atomic mass is 9.96. The van der Waals surface area contributed by atoms with Crippen molar-refractivity contribution in [2.75, 3.05) is 17.2 Å². The summed E-state index contributed by atoms with van der Waals surface area (Å²) in [5.41, 5.74) is 5.75. The quantitative estimate of drug-likeness (QED) is 0.677. The molecule has 1 aliphatic heterocycles. The fourth-order valence-corrected chi connectivity index (χ4v) is 3.68. The van der Waals surface area contributed by atoms with Crippen molar-refractivity contribution in [2.24, 2.45) is 5.92 Å². The second-order valence-corrected chi connectivity index (χ2v) is 5.81. The van der Waals surface area contributed by atoms with Gasteiger partial charge < -0.3 is 10.6 Å². The van der Waals surface area contributed by atoms with Gasteiger partial charge in [0.2, 0.25) is 0 Å². The van der Waals surface area contributed by atoms with E-state index in [-0.39, 0.29) is 11.5 Å². The van der Waals surface area contributed by atoms with Crippen molar-refractivity contribution in [2.45, 2.75) is 44.6 Å². The first-order chi connectivity index (χ1) is 9.65. The van der Waals surface area contributed by atoms with Gasteiger partial charge in [-0.05, 0) is 31.6 Å². The molecule has 1 aromatic rings. The lowest BCUT2D eigenvalue weighted by Crippen LogP contribution is -2.35. The first-order valence-corrected chi connectivity index (χ1v) is 7.34. The number of hydrogen-bond acceptors (Lipinski definition) is 5. The number of nitrogens with zero attached hydrogens (tertiary/aromatic N) is 3. The van der Waals surface area contributed by atoms with E-state index in [0.29, 0.717) is 17.8 Å². The Balaban J connectivity index is 1.88. The number of hydrogen-bond donors (Lipinski definition) is 1. The summed E-state index contributed by atoms with van der Waals surface area (Å²) in [6.07, 6.45) is 7.44. The van der Waals surface area contributed by atoms with Gasteiger partial charge in [-0.2, -0.15) is 0 Å². The maximum absolute atomic E-state index is 11.0. The number of nitrogens with two attached hydrogens (primary N) is 1. The highest BCUT2D eigenvalue weighted by molar-refractivity contribution is 5.55. The van der Waals surface area contributed by atoms with Crippen LogP contribution in [0.1, 0.15) is 38.5 Å². The fourth-order valence-electron chi connectivity index (χ4n) is 3.68. The van der Waals surface area contributed by atoms with Crippen LogP contribution in [-0.4, -0.2) is 22.5 Å². The van der Waals surface area contributed by atoms with Crippen molar-refractivity contribution in [1.82, 2.24) is 4.98 Å². The van der Waals surface area contributed by atoms with E-state index in [2.05, 4.69) is 9.88 Å². The average molecular weight is 276 g/mol. The Bertz CT molecular complexity index is 514. The van der Waals surface area contributed by atoms with E-state index >= 15 is 0 Å². The van der Waals surface area contributed by atoms with E-state index < -0.39 is 4.92 Å². The van der Waals surface area contributed by atoms with Crippen molar-refractivity contribution in [3.05, 3.63) is 22.2 Å². The molecule has 0 amide bonds. The summed E-state index contributed by atoms with van der Waals surface area (Å²) in [5, 5.41) is 11.0. The number of rotatable bonds is 3. The lowest BCUT2D eigenvalue weighted by molar-refractivity contribution is -0.384. The third-order valence-corrected chi connectivity index (χ3v) is 4.56. The summed E-state index contributed by atoms with van der Waals surface area (Å²) in [6.45, 7) is 0.925. The Morgan fingerprint density at radius 2 is 2.00 bits per heavy atom. The minimum absolute atomic E-state index is 0.0320. The summed E-state index contributed by atoms with van der Waals surface area (Å²) in [7, 11) is 0. The average Bonchev–Trinajstić information content (AvgIpc) is 3.08. The molecule has 2 fully saturated rings. The van der Waals surface area contributed by atoms with Crippen LogP contribution in [0, 0.1) is 16.0 Å². The minimum Gasteiger partial charge on any atom is -0.383 e. The van der Waals surface area contributed by atoms with Crippen molar-refractivity contribution in [1.29, 1.82) is 0 Å². The number of aromatic nitrogens is 1. The zero-order chi connectivity index (χ0) is 14.1. The molecule has 3 rings (SSSR count). The SMILES string of the molecule is Nc1cc([N+](=O)[O-])cc(N2CCCC2C2CCCC2)n1. The van der Waals surface area contributed by atoms with Crippen LogP contribution in [0.25, 0.3) is 0 Å². The van der Waals surface area contributed by atoms with Crippen LogP contribution in [0.4, 0.5) is 17.3 Å². The Morgan fingerprint density at radius 1 is 1.25 bits per heavy atom. The molecule has 1 saturated heterocycles. The highest BCUT2D eigenvalue weighted by Gasteiger charge is 2.34. The van der Waals surface area contributed by atoms with E-state index in [4.69, 9.17) is 5.73 Å². The van der Waals surface area contributed by atoms with Gasteiger partial charge in [-0.15, -0.1) is 0 Å². The van der Waals surface area contributed by atoms with Gasteiger partial charge in [-0.3, -0.25) is 10.1 Å². The molecular weight excluding hydrogens is 256 g/mol. The van der Waals surface area contributed by atoms with E-state index in [0.717, 1.165) is 19.4 Å². The maximum Gasteiger partial charge on any atom is 0.276 e. The summed E-state index contributed by atoms with van der Waals surface area (Å²) >= 11 is 0. The van der Waals surface area contributed by atoms with Crippen LogP contribution in [0.2, 0.25) is 0 Å². The maximum atomic E-state index is 11.0. The summed E-state index contributed by atoms with van der Waals surface area (Å²) in [4.78, 5) is 17.1. The van der Waals surface area contributed by atoms with Crippen LogP contribution < -0.4 is 10.6 Å². The zero-order valence-electron chi connectivity index (χ0n) is 11.5. The molecule has 2 N–H and O–H groups in total. The third-order valence-electron chi connectivity index (χ3n) is 4.56. The Hall–Kier alpha value is -1.85. The topological polar surface area (TPSA) is 85.3 Å². The number of pyridine rings is 1. The van der Waals surface area contributed by atoms with Crippen LogP contribution in [0.3, 0.4) is 0 Å². The van der Waals surface area contributed by atoms with Crippen molar-refractivity contribution in [3.63, 3.8) is 0 Å². The highest BCUT2D eigenvalue weighted by atomic mass is 16.6. The standard InChI is InChI=1S/C14H20N4O2/c15-13-8-11(18(19)20)9-14(16-13)17-7-3-6-12(17)10-4-1-2-5-10/h8-10,12H,1-7H2,(H2,15,16). The molecule has 1 unspecified atom stereocenters. The molecule has 1 saturated carbocycles. The van der Waals surface area contributed by atoms with Gasteiger partial charge in [0.25, 0.3) is 5.69 Å². The first kappa shape index (κ1) is 13.1. The molecule has 1 atom stereocenters. The van der Waals surface area contributed by atoms with Gasteiger partial charge >= 0.3 is 0 Å². The van der Waals surface area contributed by atoms with Gasteiger partial charge in [0, 0.05) is 12.6 Å². The molecule has 20 heavy (non-hydrogen) atoms. The van der Waals surface area contributed by atoms with Crippen LogP contribution in [0.15, 0.2) is 12.1 Å². The molecule has 0 spiro atoms. The highest BCUT2D eigenvalue weighted by Crippen LogP contribution is 2.38. The second-order valence-electron chi connectivity index (χ2n) is 5.81. The third kappa shape index (κ3) is 2.42. The molecule has 0 bridgehead atoms. The Labute approximate surface area is 118 Å². The molecule has 0 radical (unpaired) electrons. The summed E-state index contributed by atoms with van der Waals surface area (Å²) in [6, 6.07) is 3.36. The van der Waals surface area contributed by atoms with E-state index in [1.807, 2.05) is 0 Å². The molecule has 1 aliphatic carbocycles. The van der Waals surface area contributed by atoms with Gasteiger partial charge in [0.15, 0.2) is 0 Å². The van der Waals surface area contributed by atoms with Crippen molar-refractivity contribution < 1.29 is 4.92 Å². The summed E-state index contributed by atoms with van der Waals surface area (Å²) in [5.74, 6) is 1.61. The van der Waals surface area contributed by atoms with Gasteiger partial charge in [-0.25, -0.2) is 4.98 Å². The molecule has 108 valence electrons. The molecule has 2 aliphatic rings. The smallest absolute Gasteiger partial charge is 0.276 e. The number of anilines is 2. The van der Waals surface area contributed by atoms with E-state index in [1.165, 1.54) is 31.7 Å². The van der Waals surface area contributed by atoms with Crippen LogP contribution in [-0.2, 0) is 0 Å². The van der Waals surface area contributed by atoms with Gasteiger partial charge in [0.05, 0.1) is 17.1 Å². The Kier molecular flexibility index (Phi) is 3.46. The molecule has 6 heteroatoms. The monoisotopic (exact) mass is 276 g/mol. The van der Waals surface area contributed by atoms with Crippen LogP contribution >= 0.6 is 0 Å². The van der Waals surface area contributed by atoms with E-state index in [9.17, 15) is 10.1 Å². The molecule has 0 aromatic carbocycles. The Morgan fingerprint density at radius 3 is 2.70 bits per heavy atom. The fraction of sp³-hybridized carbons (Fsp3) is 0.643. The predicted octanol–water partition coefficient (Wildman–Crippen LogP) is 2.73. The number of nitro groups is 1. The molecule has 6 nitrogen and oxygen atoms in total. The van der Waals surface area contributed by atoms with Gasteiger partial charge in [0.1, 0.15) is 11.6 Å². The second kappa shape index (κ2) is 5.26. The predicted molar refractivity (Wildman–Crippen MR) is 77.6 cm³/mol. The van der Waals surface area contributed by atoms with Crippen LogP contribution in [0.5, 0.6) is 0 Å². The van der Waals surface area contributed by atoms with Crippen molar-refractivity contribution >= 4 is 17.3 Å². The van der Waals surface area contributed by atoms with Crippen molar-refractivity contribution in [3.8, 4) is 0 Å².